The molecule has 0 radical (unpaired) electrons. The quantitative estimate of drug-likeness (QED) is 0.730. The van der Waals surface area contributed by atoms with E-state index >= 15 is 0 Å². The molecule has 124 valence electrons. The van der Waals surface area contributed by atoms with E-state index in [0.29, 0.717) is 13.1 Å². The first-order valence-corrected chi connectivity index (χ1v) is 10.4. The van der Waals surface area contributed by atoms with Crippen LogP contribution in [-0.4, -0.2) is 56.0 Å². The van der Waals surface area contributed by atoms with Crippen molar-refractivity contribution in [3.63, 3.8) is 0 Å². The molecule has 0 aromatic heterocycles. The van der Waals surface area contributed by atoms with Gasteiger partial charge in [-0.05, 0) is 56.3 Å². The van der Waals surface area contributed by atoms with Crippen molar-refractivity contribution in [1.29, 1.82) is 0 Å². The number of hydrogen-bond donors (Lipinski definition) is 0. The number of nitrogens with zero attached hydrogens (tertiary/aromatic N) is 1. The summed E-state index contributed by atoms with van der Waals surface area (Å²) in [5, 5.41) is 0. The average Bonchev–Trinajstić information content (AvgIpc) is 2.39. The number of hydrogen-bond acceptors (Lipinski definition) is 5. The number of ether oxygens (including phenoxy) is 1. The second kappa shape index (κ2) is 5.20. The van der Waals surface area contributed by atoms with Crippen LogP contribution in [0.15, 0.2) is 0 Å². The third-order valence-electron chi connectivity index (χ3n) is 6.10. The molecule has 1 saturated heterocycles. The fourth-order valence-corrected chi connectivity index (χ4v) is 6.80. The van der Waals surface area contributed by atoms with Crippen LogP contribution in [0.5, 0.6) is 0 Å². The molecular formula is C16H25NO4S. The molecule has 4 bridgehead atoms. The fraction of sp³-hybridized carbons (Fsp3) is 0.938. The molecular weight excluding hydrogens is 302 g/mol. The van der Waals surface area contributed by atoms with Crippen LogP contribution < -0.4 is 0 Å². The van der Waals surface area contributed by atoms with Gasteiger partial charge in [-0.1, -0.05) is 0 Å². The summed E-state index contributed by atoms with van der Waals surface area (Å²) in [5.74, 6) is 2.47. The summed E-state index contributed by atoms with van der Waals surface area (Å²) in [6.45, 7) is 1.16. The molecule has 5 fully saturated rings. The molecule has 0 aromatic carbocycles. The Balaban J connectivity index is 1.35. The van der Waals surface area contributed by atoms with E-state index in [1.807, 2.05) is 4.90 Å². The maximum atomic E-state index is 12.3. The third-order valence-corrected chi connectivity index (χ3v) is 7.71. The average molecular weight is 327 g/mol. The summed E-state index contributed by atoms with van der Waals surface area (Å²) >= 11 is 0. The van der Waals surface area contributed by atoms with Gasteiger partial charge in [-0.2, -0.15) is 0 Å². The van der Waals surface area contributed by atoms with E-state index in [-0.39, 0.29) is 29.6 Å². The lowest BCUT2D eigenvalue weighted by Gasteiger charge is -2.55. The van der Waals surface area contributed by atoms with Gasteiger partial charge >= 0.3 is 5.97 Å². The van der Waals surface area contributed by atoms with Gasteiger partial charge in [-0.3, -0.25) is 9.69 Å². The molecule has 5 aliphatic rings. The van der Waals surface area contributed by atoms with Gasteiger partial charge in [-0.25, -0.2) is 8.42 Å². The van der Waals surface area contributed by atoms with Crippen LogP contribution in [0.3, 0.4) is 0 Å². The van der Waals surface area contributed by atoms with Crippen LogP contribution in [0.25, 0.3) is 0 Å². The minimum atomic E-state index is -2.89. The van der Waals surface area contributed by atoms with Gasteiger partial charge in [0.05, 0.1) is 18.1 Å². The second-order valence-corrected chi connectivity index (χ2v) is 10.3. The normalized spacial score (nSPS) is 43.2. The third kappa shape index (κ3) is 2.92. The Morgan fingerprint density at radius 2 is 1.50 bits per heavy atom. The summed E-state index contributed by atoms with van der Waals surface area (Å²) in [5.41, 5.74) is -0.187. The number of carbonyl (C=O) groups is 1. The lowest BCUT2D eigenvalue weighted by molar-refractivity contribution is -0.187. The van der Waals surface area contributed by atoms with E-state index in [1.54, 1.807) is 0 Å². The molecule has 0 spiro atoms. The number of carbonyl (C=O) groups excluding carboxylic acids is 1. The van der Waals surface area contributed by atoms with Crippen LogP contribution in [0.1, 0.15) is 38.5 Å². The molecule has 0 unspecified atom stereocenters. The Labute approximate surface area is 132 Å². The summed E-state index contributed by atoms with van der Waals surface area (Å²) < 4.78 is 28.9. The molecule has 4 saturated carbocycles. The Kier molecular flexibility index (Phi) is 3.53. The van der Waals surface area contributed by atoms with E-state index in [4.69, 9.17) is 4.74 Å². The van der Waals surface area contributed by atoms with Crippen molar-refractivity contribution in [1.82, 2.24) is 4.90 Å². The molecule has 0 amide bonds. The SMILES string of the molecule is O=C(CN1CCS(=O)(=O)CC1)OC12CC3CC(CC(C3)C1)C2. The molecule has 0 aromatic rings. The molecule has 1 heterocycles. The van der Waals surface area contributed by atoms with Crippen LogP contribution in [0, 0.1) is 17.8 Å². The first kappa shape index (κ1) is 14.9. The van der Waals surface area contributed by atoms with Crippen molar-refractivity contribution in [3.05, 3.63) is 0 Å². The lowest BCUT2D eigenvalue weighted by Crippen LogP contribution is -2.54. The van der Waals surface area contributed by atoms with E-state index in [9.17, 15) is 13.2 Å². The zero-order valence-corrected chi connectivity index (χ0v) is 13.8. The van der Waals surface area contributed by atoms with Crippen molar-refractivity contribution in [2.24, 2.45) is 17.8 Å². The minimum Gasteiger partial charge on any atom is -0.458 e. The molecule has 0 N–H and O–H groups in total. The minimum absolute atomic E-state index is 0.152. The Morgan fingerprint density at radius 3 is 2.00 bits per heavy atom. The molecule has 22 heavy (non-hydrogen) atoms. The zero-order valence-electron chi connectivity index (χ0n) is 13.0. The van der Waals surface area contributed by atoms with Crippen molar-refractivity contribution in [3.8, 4) is 0 Å². The molecule has 6 heteroatoms. The Bertz CT molecular complexity index is 521. The molecule has 1 aliphatic heterocycles. The van der Waals surface area contributed by atoms with Crippen LogP contribution in [-0.2, 0) is 19.4 Å². The summed E-state index contributed by atoms with van der Waals surface area (Å²) in [6.07, 6.45) is 7.17. The highest BCUT2D eigenvalue weighted by Crippen LogP contribution is 2.57. The highest BCUT2D eigenvalue weighted by molar-refractivity contribution is 7.91. The highest BCUT2D eigenvalue weighted by atomic mass is 32.2. The summed E-state index contributed by atoms with van der Waals surface area (Å²) in [6, 6.07) is 0. The van der Waals surface area contributed by atoms with E-state index in [1.165, 1.54) is 19.3 Å². The van der Waals surface area contributed by atoms with Gasteiger partial charge in [0.25, 0.3) is 0 Å². The van der Waals surface area contributed by atoms with Crippen molar-refractivity contribution in [2.45, 2.75) is 44.1 Å². The first-order chi connectivity index (χ1) is 10.4. The number of esters is 1. The molecule has 5 rings (SSSR count). The topological polar surface area (TPSA) is 63.7 Å². The molecule has 5 nitrogen and oxygen atoms in total. The van der Waals surface area contributed by atoms with Gasteiger partial charge < -0.3 is 4.74 Å². The second-order valence-electron chi connectivity index (χ2n) is 8.00. The number of sulfone groups is 1. The fourth-order valence-electron chi connectivity index (χ4n) is 5.52. The van der Waals surface area contributed by atoms with Gasteiger partial charge in [0.1, 0.15) is 5.60 Å². The van der Waals surface area contributed by atoms with Crippen molar-refractivity contribution < 1.29 is 17.9 Å². The predicted octanol–water partition coefficient (Wildman–Crippen LogP) is 1.23. The van der Waals surface area contributed by atoms with Crippen LogP contribution >= 0.6 is 0 Å². The van der Waals surface area contributed by atoms with E-state index < -0.39 is 9.84 Å². The monoisotopic (exact) mass is 327 g/mol. The molecule has 4 aliphatic carbocycles. The van der Waals surface area contributed by atoms with Gasteiger partial charge in [-0.15, -0.1) is 0 Å². The van der Waals surface area contributed by atoms with Crippen LogP contribution in [0.4, 0.5) is 0 Å². The first-order valence-electron chi connectivity index (χ1n) is 8.56. The maximum Gasteiger partial charge on any atom is 0.320 e. The van der Waals surface area contributed by atoms with Crippen molar-refractivity contribution >= 4 is 15.8 Å². The number of rotatable bonds is 3. The van der Waals surface area contributed by atoms with E-state index in [0.717, 1.165) is 37.0 Å². The predicted molar refractivity (Wildman–Crippen MR) is 82.1 cm³/mol. The smallest absolute Gasteiger partial charge is 0.320 e. The largest absolute Gasteiger partial charge is 0.458 e. The van der Waals surface area contributed by atoms with Crippen molar-refractivity contribution in [2.75, 3.05) is 31.1 Å². The van der Waals surface area contributed by atoms with Gasteiger partial charge in [0, 0.05) is 13.1 Å². The zero-order chi connectivity index (χ0) is 15.4. The molecule has 0 atom stereocenters. The van der Waals surface area contributed by atoms with Gasteiger partial charge in [0.15, 0.2) is 9.84 Å². The Morgan fingerprint density at radius 1 is 1.00 bits per heavy atom. The highest BCUT2D eigenvalue weighted by Gasteiger charge is 2.53. The van der Waals surface area contributed by atoms with Crippen LogP contribution in [0.2, 0.25) is 0 Å². The standard InChI is InChI=1S/C16H25NO4S/c18-15(11-17-1-3-22(19,20)4-2-17)21-16-8-12-5-13(9-16)7-14(6-12)10-16/h12-14H,1-11H2. The van der Waals surface area contributed by atoms with E-state index in [2.05, 4.69) is 0 Å². The lowest BCUT2D eigenvalue weighted by atomic mass is 9.54. The maximum absolute atomic E-state index is 12.3. The summed E-state index contributed by atoms with van der Waals surface area (Å²) in [4.78, 5) is 14.3. The summed E-state index contributed by atoms with van der Waals surface area (Å²) in [7, 11) is -2.89. The van der Waals surface area contributed by atoms with Gasteiger partial charge in [0.2, 0.25) is 0 Å². The Hall–Kier alpha value is -0.620.